The Morgan fingerprint density at radius 1 is 1.31 bits per heavy atom. The van der Waals surface area contributed by atoms with Gasteiger partial charge in [-0.2, -0.15) is 13.2 Å². The zero-order valence-electron chi connectivity index (χ0n) is 8.51. The van der Waals surface area contributed by atoms with Crippen molar-refractivity contribution in [2.24, 2.45) is 11.8 Å². The normalized spacial score (nSPS) is 33.9. The molecule has 6 heteroatoms. The number of hydrogen-bond donors (Lipinski definition) is 1. The van der Waals surface area contributed by atoms with Crippen LogP contribution in [0.4, 0.5) is 13.2 Å². The van der Waals surface area contributed by atoms with Crippen molar-refractivity contribution >= 4 is 11.7 Å². The van der Waals surface area contributed by atoms with Crippen molar-refractivity contribution < 1.29 is 22.8 Å². The van der Waals surface area contributed by atoms with E-state index in [-0.39, 0.29) is 17.6 Å². The molecule has 0 aromatic heterocycles. The molecule has 0 spiro atoms. The SMILES string of the molecule is O=C1C[C@H]2CC[C@@H]1CC2NC(=O)C(F)(F)F. The second-order valence-electron chi connectivity index (χ2n) is 4.52. The molecule has 3 rings (SSSR count). The third-order valence-corrected chi connectivity index (χ3v) is 3.49. The van der Waals surface area contributed by atoms with E-state index < -0.39 is 18.1 Å². The van der Waals surface area contributed by atoms with Gasteiger partial charge in [0.05, 0.1) is 0 Å². The molecule has 3 fully saturated rings. The first-order chi connectivity index (χ1) is 7.38. The summed E-state index contributed by atoms with van der Waals surface area (Å²) in [4.78, 5) is 22.1. The van der Waals surface area contributed by atoms with E-state index in [4.69, 9.17) is 0 Å². The molecule has 3 aliphatic carbocycles. The molecule has 16 heavy (non-hydrogen) atoms. The summed E-state index contributed by atoms with van der Waals surface area (Å²) in [5, 5.41) is 1.99. The largest absolute Gasteiger partial charge is 0.471 e. The van der Waals surface area contributed by atoms with Crippen molar-refractivity contribution in [1.29, 1.82) is 0 Å². The molecule has 0 aromatic carbocycles. The maximum Gasteiger partial charge on any atom is 0.471 e. The number of Topliss-reactive ketones (excluding diaryl/α,β-unsaturated/α-hetero) is 1. The van der Waals surface area contributed by atoms with Crippen LogP contribution in [0.1, 0.15) is 25.7 Å². The first-order valence-corrected chi connectivity index (χ1v) is 5.28. The number of hydrogen-bond acceptors (Lipinski definition) is 2. The van der Waals surface area contributed by atoms with Crippen LogP contribution in [0.2, 0.25) is 0 Å². The zero-order valence-corrected chi connectivity index (χ0v) is 8.51. The Balaban J connectivity index is 1.98. The number of carbonyl (C=O) groups is 2. The van der Waals surface area contributed by atoms with E-state index in [1.54, 1.807) is 0 Å². The lowest BCUT2D eigenvalue weighted by atomic mass is 9.67. The number of rotatable bonds is 1. The first kappa shape index (κ1) is 11.4. The van der Waals surface area contributed by atoms with Crippen molar-refractivity contribution in [3.63, 3.8) is 0 Å². The van der Waals surface area contributed by atoms with E-state index in [0.717, 1.165) is 12.8 Å². The molecule has 0 radical (unpaired) electrons. The van der Waals surface area contributed by atoms with Gasteiger partial charge in [0.1, 0.15) is 5.78 Å². The lowest BCUT2D eigenvalue weighted by Crippen LogP contribution is -2.53. The highest BCUT2D eigenvalue weighted by Crippen LogP contribution is 2.39. The maximum absolute atomic E-state index is 12.0. The Hall–Kier alpha value is -1.07. The quantitative estimate of drug-likeness (QED) is 0.747. The molecular formula is C10H12F3NO2. The molecule has 3 aliphatic rings. The fourth-order valence-electron chi connectivity index (χ4n) is 2.62. The number of alkyl halides is 3. The highest BCUT2D eigenvalue weighted by Gasteiger charge is 2.45. The van der Waals surface area contributed by atoms with E-state index in [1.165, 1.54) is 0 Å². The lowest BCUT2D eigenvalue weighted by Gasteiger charge is -2.41. The van der Waals surface area contributed by atoms with E-state index in [9.17, 15) is 22.8 Å². The third kappa shape index (κ3) is 2.05. The van der Waals surface area contributed by atoms with Crippen LogP contribution in [-0.2, 0) is 9.59 Å². The molecule has 1 amide bonds. The number of halogens is 3. The van der Waals surface area contributed by atoms with Crippen molar-refractivity contribution in [2.45, 2.75) is 37.9 Å². The fourth-order valence-corrected chi connectivity index (χ4v) is 2.62. The standard InChI is InChI=1S/C10H12F3NO2/c11-10(12,13)9(16)14-7-3-6-2-1-5(7)4-8(6)15/h5-7H,1-4H2,(H,14,16)/t5-,6-,7?/m1/s1. The van der Waals surface area contributed by atoms with Gasteiger partial charge in [0.2, 0.25) is 0 Å². The summed E-state index contributed by atoms with van der Waals surface area (Å²) in [7, 11) is 0. The summed E-state index contributed by atoms with van der Waals surface area (Å²) in [6.07, 6.45) is -2.67. The maximum atomic E-state index is 12.0. The van der Waals surface area contributed by atoms with Crippen LogP contribution < -0.4 is 5.32 Å². The number of nitrogens with one attached hydrogen (secondary N) is 1. The van der Waals surface area contributed by atoms with Gasteiger partial charge in [-0.3, -0.25) is 9.59 Å². The molecule has 0 saturated heterocycles. The molecular weight excluding hydrogens is 223 g/mol. The lowest BCUT2D eigenvalue weighted by molar-refractivity contribution is -0.175. The van der Waals surface area contributed by atoms with Crippen LogP contribution >= 0.6 is 0 Å². The van der Waals surface area contributed by atoms with Gasteiger partial charge in [0.15, 0.2) is 0 Å². The molecule has 3 saturated carbocycles. The van der Waals surface area contributed by atoms with Gasteiger partial charge in [0, 0.05) is 18.4 Å². The second kappa shape index (κ2) is 3.75. The molecule has 0 aliphatic heterocycles. The van der Waals surface area contributed by atoms with Crippen molar-refractivity contribution in [1.82, 2.24) is 5.32 Å². The molecule has 1 N–H and O–H groups in total. The third-order valence-electron chi connectivity index (χ3n) is 3.49. The molecule has 90 valence electrons. The van der Waals surface area contributed by atoms with Gasteiger partial charge < -0.3 is 5.32 Å². The predicted octanol–water partition coefficient (Wildman–Crippen LogP) is 1.42. The summed E-state index contributed by atoms with van der Waals surface area (Å²) in [6.45, 7) is 0. The van der Waals surface area contributed by atoms with Gasteiger partial charge in [-0.05, 0) is 25.2 Å². The zero-order chi connectivity index (χ0) is 11.9. The Morgan fingerprint density at radius 3 is 2.44 bits per heavy atom. The van der Waals surface area contributed by atoms with E-state index in [1.807, 2.05) is 5.32 Å². The molecule has 0 aromatic rings. The van der Waals surface area contributed by atoms with Crippen LogP contribution in [0.3, 0.4) is 0 Å². The summed E-state index contributed by atoms with van der Waals surface area (Å²) in [6, 6.07) is -0.481. The predicted molar refractivity (Wildman–Crippen MR) is 48.4 cm³/mol. The van der Waals surface area contributed by atoms with Crippen LogP contribution in [0, 0.1) is 11.8 Å². The highest BCUT2D eigenvalue weighted by atomic mass is 19.4. The Kier molecular flexibility index (Phi) is 2.67. The summed E-state index contributed by atoms with van der Waals surface area (Å²) in [5.41, 5.74) is 0. The van der Waals surface area contributed by atoms with Crippen LogP contribution in [0.15, 0.2) is 0 Å². The minimum Gasteiger partial charge on any atom is -0.345 e. The average Bonchev–Trinajstić information content (AvgIpc) is 2.18. The van der Waals surface area contributed by atoms with E-state index in [0.29, 0.717) is 12.8 Å². The molecule has 2 bridgehead atoms. The Labute approximate surface area is 90.4 Å². The average molecular weight is 235 g/mol. The van der Waals surface area contributed by atoms with Crippen molar-refractivity contribution in [3.8, 4) is 0 Å². The monoisotopic (exact) mass is 235 g/mol. The van der Waals surface area contributed by atoms with Gasteiger partial charge in [-0.15, -0.1) is 0 Å². The summed E-state index contributed by atoms with van der Waals surface area (Å²) in [5.74, 6) is -2.02. The van der Waals surface area contributed by atoms with Gasteiger partial charge in [0.25, 0.3) is 0 Å². The molecule has 3 atom stereocenters. The van der Waals surface area contributed by atoms with E-state index in [2.05, 4.69) is 0 Å². The number of amides is 1. The summed E-state index contributed by atoms with van der Waals surface area (Å²) < 4.78 is 36.1. The van der Waals surface area contributed by atoms with Crippen LogP contribution in [-0.4, -0.2) is 23.9 Å². The molecule has 0 heterocycles. The highest BCUT2D eigenvalue weighted by molar-refractivity contribution is 5.85. The van der Waals surface area contributed by atoms with Gasteiger partial charge in [-0.1, -0.05) is 0 Å². The minimum atomic E-state index is -4.83. The number of carbonyl (C=O) groups excluding carboxylic acids is 2. The summed E-state index contributed by atoms with van der Waals surface area (Å²) >= 11 is 0. The molecule has 1 unspecified atom stereocenters. The van der Waals surface area contributed by atoms with Crippen LogP contribution in [0.5, 0.6) is 0 Å². The Bertz CT molecular complexity index is 327. The van der Waals surface area contributed by atoms with Gasteiger partial charge >= 0.3 is 12.1 Å². The first-order valence-electron chi connectivity index (χ1n) is 5.28. The van der Waals surface area contributed by atoms with Crippen LogP contribution in [0.25, 0.3) is 0 Å². The topological polar surface area (TPSA) is 46.2 Å². The van der Waals surface area contributed by atoms with E-state index >= 15 is 0 Å². The van der Waals surface area contributed by atoms with Gasteiger partial charge in [-0.25, -0.2) is 0 Å². The van der Waals surface area contributed by atoms with Crippen molar-refractivity contribution in [2.75, 3.05) is 0 Å². The smallest absolute Gasteiger partial charge is 0.345 e. The number of ketones is 1. The second-order valence-corrected chi connectivity index (χ2v) is 4.52. The van der Waals surface area contributed by atoms with Crippen molar-refractivity contribution in [3.05, 3.63) is 0 Å². The Morgan fingerprint density at radius 2 is 2.00 bits per heavy atom. The number of fused-ring (bicyclic) bond motifs is 3. The molecule has 3 nitrogen and oxygen atoms in total. The fraction of sp³-hybridized carbons (Fsp3) is 0.800. The minimum absolute atomic E-state index is 0.108.